The van der Waals surface area contributed by atoms with Gasteiger partial charge >= 0.3 is 6.03 Å². The molecule has 1 aromatic carbocycles. The third-order valence-corrected chi connectivity index (χ3v) is 6.17. The molecule has 3 heterocycles. The summed E-state index contributed by atoms with van der Waals surface area (Å²) >= 11 is 3.09. The van der Waals surface area contributed by atoms with Gasteiger partial charge in [-0.2, -0.15) is 5.10 Å². The van der Waals surface area contributed by atoms with Crippen LogP contribution < -0.4 is 5.32 Å². The van der Waals surface area contributed by atoms with Gasteiger partial charge in [0.2, 0.25) is 0 Å². The Bertz CT molecular complexity index is 1030. The number of nitrogens with zero attached hydrogens (tertiary/aromatic N) is 4. The molecule has 2 aliphatic rings. The molecule has 0 fully saturated rings. The van der Waals surface area contributed by atoms with Gasteiger partial charge in [0, 0.05) is 36.8 Å². The molecule has 11 heteroatoms. The van der Waals surface area contributed by atoms with Crippen LogP contribution in [0.2, 0.25) is 0 Å². The van der Waals surface area contributed by atoms with E-state index in [9.17, 15) is 22.8 Å². The van der Waals surface area contributed by atoms with Gasteiger partial charge < -0.3 is 15.1 Å². The quantitative estimate of drug-likeness (QED) is 0.696. The summed E-state index contributed by atoms with van der Waals surface area (Å²) in [4.78, 5) is 28.6. The normalized spacial score (nSPS) is 18.6. The number of aryl methyl sites for hydroxylation is 1. The second-order valence-electron chi connectivity index (χ2n) is 7.73. The Balaban J connectivity index is 1.59. The van der Waals surface area contributed by atoms with E-state index in [1.165, 1.54) is 18.2 Å². The number of nitrogens with one attached hydrogen (secondary N) is 1. The number of hydrogen-bond donors (Lipinski definition) is 1. The predicted octanol–water partition coefficient (Wildman–Crippen LogP) is 3.87. The van der Waals surface area contributed by atoms with Crippen molar-refractivity contribution in [3.05, 3.63) is 45.4 Å². The fourth-order valence-electron chi connectivity index (χ4n) is 4.04. The first-order valence-electron chi connectivity index (χ1n) is 9.93. The highest BCUT2D eigenvalue weighted by molar-refractivity contribution is 9.10. The Morgan fingerprint density at radius 1 is 1.35 bits per heavy atom. The number of hydrogen-bond acceptors (Lipinski definition) is 3. The number of halogens is 4. The Hall–Kier alpha value is -2.56. The van der Waals surface area contributed by atoms with Crippen molar-refractivity contribution in [3.63, 3.8) is 0 Å². The molecule has 0 saturated heterocycles. The second-order valence-corrected chi connectivity index (χ2v) is 8.59. The number of carbonyl (C=O) groups excluding carboxylic acids is 2. The molecule has 0 saturated carbocycles. The molecule has 166 valence electrons. The predicted molar refractivity (Wildman–Crippen MR) is 111 cm³/mol. The lowest BCUT2D eigenvalue weighted by Gasteiger charge is -2.33. The molecule has 0 radical (unpaired) electrons. The monoisotopic (exact) mass is 499 g/mol. The summed E-state index contributed by atoms with van der Waals surface area (Å²) in [5.74, 6) is -0.924. The minimum Gasteiger partial charge on any atom is -0.332 e. The fourth-order valence-corrected chi connectivity index (χ4v) is 4.42. The van der Waals surface area contributed by atoms with Gasteiger partial charge in [-0.05, 0) is 47.5 Å². The van der Waals surface area contributed by atoms with E-state index in [0.717, 1.165) is 4.90 Å². The van der Waals surface area contributed by atoms with Crippen LogP contribution in [-0.2, 0) is 19.5 Å². The summed E-state index contributed by atoms with van der Waals surface area (Å²) in [6.45, 7) is 2.07. The molecule has 1 N–H and O–H groups in total. The standard InChI is InChI=1S/C20H21BrF3N5O2/c1-11-7-16-13(9-28(11)20(31)25-12-3-4-15(22)14(21)8-12)18-19(30)27(10-17(23)24)5-2-6-29(18)26-16/h3-4,8,11,17H,2,5-7,9-10H2,1H3,(H,25,31)/t11-/m1/s1. The first kappa shape index (κ1) is 21.7. The highest BCUT2D eigenvalue weighted by atomic mass is 79.9. The van der Waals surface area contributed by atoms with Crippen LogP contribution in [0.15, 0.2) is 22.7 Å². The minimum atomic E-state index is -2.62. The van der Waals surface area contributed by atoms with Crippen LogP contribution in [0.5, 0.6) is 0 Å². The lowest BCUT2D eigenvalue weighted by Crippen LogP contribution is -2.45. The van der Waals surface area contributed by atoms with Crippen LogP contribution in [0.1, 0.15) is 35.1 Å². The first-order valence-corrected chi connectivity index (χ1v) is 10.7. The SMILES string of the molecule is C[C@@H]1Cc2nn3c(c2CN1C(=O)Nc1ccc(F)c(Br)c1)C(=O)N(CC(F)F)CCC3. The Morgan fingerprint density at radius 2 is 2.13 bits per heavy atom. The molecule has 4 rings (SSSR count). The topological polar surface area (TPSA) is 70.5 Å². The minimum absolute atomic E-state index is 0.133. The van der Waals surface area contributed by atoms with Crippen molar-refractivity contribution >= 4 is 33.6 Å². The highest BCUT2D eigenvalue weighted by Gasteiger charge is 2.36. The van der Waals surface area contributed by atoms with Crippen molar-refractivity contribution in [1.82, 2.24) is 19.6 Å². The van der Waals surface area contributed by atoms with Gasteiger partial charge in [-0.25, -0.2) is 18.0 Å². The molecule has 3 amide bonds. The van der Waals surface area contributed by atoms with Crippen LogP contribution >= 0.6 is 15.9 Å². The van der Waals surface area contributed by atoms with Crippen molar-refractivity contribution in [2.75, 3.05) is 18.4 Å². The maximum Gasteiger partial charge on any atom is 0.322 e. The zero-order chi connectivity index (χ0) is 22.3. The van der Waals surface area contributed by atoms with Crippen molar-refractivity contribution in [2.24, 2.45) is 0 Å². The van der Waals surface area contributed by atoms with E-state index in [1.807, 2.05) is 6.92 Å². The van der Waals surface area contributed by atoms with E-state index in [2.05, 4.69) is 26.3 Å². The van der Waals surface area contributed by atoms with E-state index >= 15 is 0 Å². The smallest absolute Gasteiger partial charge is 0.322 e. The molecule has 0 spiro atoms. The van der Waals surface area contributed by atoms with Gasteiger partial charge in [0.25, 0.3) is 12.3 Å². The number of urea groups is 1. The molecule has 7 nitrogen and oxygen atoms in total. The van der Waals surface area contributed by atoms with Crippen LogP contribution in [0.3, 0.4) is 0 Å². The number of aromatic nitrogens is 2. The van der Waals surface area contributed by atoms with E-state index in [4.69, 9.17) is 0 Å². The average molecular weight is 500 g/mol. The summed E-state index contributed by atoms with van der Waals surface area (Å²) in [5, 5.41) is 7.28. The van der Waals surface area contributed by atoms with Gasteiger partial charge in [0.15, 0.2) is 0 Å². The average Bonchev–Trinajstić information content (AvgIpc) is 2.97. The molecule has 0 unspecified atom stereocenters. The summed E-state index contributed by atoms with van der Waals surface area (Å²) < 4.78 is 41.2. The van der Waals surface area contributed by atoms with Crippen molar-refractivity contribution in [2.45, 2.75) is 45.3 Å². The molecule has 2 aliphatic heterocycles. The number of amides is 3. The zero-order valence-corrected chi connectivity index (χ0v) is 18.3. The van der Waals surface area contributed by atoms with Gasteiger partial charge in [0.05, 0.1) is 23.3 Å². The van der Waals surface area contributed by atoms with Gasteiger partial charge in [-0.1, -0.05) is 0 Å². The number of carbonyl (C=O) groups is 2. The molecule has 0 aliphatic carbocycles. The van der Waals surface area contributed by atoms with Crippen LogP contribution in [0.4, 0.5) is 23.7 Å². The maximum atomic E-state index is 13.5. The molecule has 0 bridgehead atoms. The largest absolute Gasteiger partial charge is 0.332 e. The molecule has 31 heavy (non-hydrogen) atoms. The molecular formula is C20H21BrF3N5O2. The van der Waals surface area contributed by atoms with Crippen molar-refractivity contribution < 1.29 is 22.8 Å². The molecular weight excluding hydrogens is 479 g/mol. The van der Waals surface area contributed by atoms with Gasteiger partial charge in [-0.15, -0.1) is 0 Å². The third kappa shape index (κ3) is 4.28. The van der Waals surface area contributed by atoms with Crippen LogP contribution in [-0.4, -0.2) is 57.1 Å². The van der Waals surface area contributed by atoms with Gasteiger partial charge in [0.1, 0.15) is 11.5 Å². The fraction of sp³-hybridized carbons (Fsp3) is 0.450. The number of rotatable bonds is 3. The number of anilines is 1. The Labute approximate surface area is 185 Å². The second kappa shape index (κ2) is 8.52. The van der Waals surface area contributed by atoms with E-state index < -0.39 is 30.7 Å². The summed E-state index contributed by atoms with van der Waals surface area (Å²) in [5.41, 5.74) is 2.01. The number of alkyl halides is 2. The van der Waals surface area contributed by atoms with Crippen molar-refractivity contribution in [3.8, 4) is 0 Å². The lowest BCUT2D eigenvalue weighted by atomic mass is 9.99. The Kier molecular flexibility index (Phi) is 5.96. The molecule has 2 aromatic rings. The van der Waals surface area contributed by atoms with Crippen LogP contribution in [0, 0.1) is 5.82 Å². The first-order chi connectivity index (χ1) is 14.7. The summed E-state index contributed by atoms with van der Waals surface area (Å²) in [6, 6.07) is 3.57. The third-order valence-electron chi connectivity index (χ3n) is 5.56. The van der Waals surface area contributed by atoms with Gasteiger partial charge in [-0.3, -0.25) is 9.48 Å². The van der Waals surface area contributed by atoms with E-state index in [-0.39, 0.29) is 29.3 Å². The zero-order valence-electron chi connectivity index (χ0n) is 16.7. The van der Waals surface area contributed by atoms with E-state index in [0.29, 0.717) is 36.3 Å². The molecule has 1 atom stereocenters. The maximum absolute atomic E-state index is 13.5. The highest BCUT2D eigenvalue weighted by Crippen LogP contribution is 2.29. The lowest BCUT2D eigenvalue weighted by molar-refractivity contribution is 0.0557. The summed E-state index contributed by atoms with van der Waals surface area (Å²) in [7, 11) is 0. The number of benzene rings is 1. The summed E-state index contributed by atoms with van der Waals surface area (Å²) in [6.07, 6.45) is -1.64. The Morgan fingerprint density at radius 3 is 2.84 bits per heavy atom. The van der Waals surface area contributed by atoms with Crippen LogP contribution in [0.25, 0.3) is 0 Å². The molecule has 1 aromatic heterocycles. The number of fused-ring (bicyclic) bond motifs is 3. The van der Waals surface area contributed by atoms with E-state index in [1.54, 1.807) is 9.58 Å². The van der Waals surface area contributed by atoms with Crippen molar-refractivity contribution in [1.29, 1.82) is 0 Å².